The van der Waals surface area contributed by atoms with E-state index in [1.54, 1.807) is 12.3 Å². The molecule has 5 nitrogen and oxygen atoms in total. The molecule has 0 aromatic carbocycles. The van der Waals surface area contributed by atoms with Crippen LogP contribution in [0.25, 0.3) is 0 Å². The van der Waals surface area contributed by atoms with Crippen LogP contribution in [0.1, 0.15) is 69.0 Å². The largest absolute Gasteiger partial charge is 0.469 e. The lowest BCUT2D eigenvalue weighted by atomic mass is 9.40. The monoisotopic (exact) mass is 360 g/mol. The molecule has 4 rings (SSSR count). The van der Waals surface area contributed by atoms with Crippen molar-refractivity contribution in [2.45, 2.75) is 64.4 Å². The minimum Gasteiger partial charge on any atom is -0.469 e. The summed E-state index contributed by atoms with van der Waals surface area (Å²) in [6.07, 6.45) is 4.21. The van der Waals surface area contributed by atoms with Crippen LogP contribution in [-0.2, 0) is 14.9 Å². The van der Waals surface area contributed by atoms with Crippen molar-refractivity contribution in [2.24, 2.45) is 22.7 Å². The van der Waals surface area contributed by atoms with Crippen molar-refractivity contribution < 1.29 is 23.8 Å². The highest BCUT2D eigenvalue weighted by atomic mass is 16.5. The molecule has 0 unspecified atom stereocenters. The molecule has 5 atom stereocenters. The second kappa shape index (κ2) is 5.44. The van der Waals surface area contributed by atoms with E-state index in [4.69, 9.17) is 9.15 Å². The van der Waals surface area contributed by atoms with Crippen molar-refractivity contribution in [1.82, 2.24) is 0 Å². The van der Waals surface area contributed by atoms with Gasteiger partial charge in [0.15, 0.2) is 5.78 Å². The van der Waals surface area contributed by atoms with Crippen molar-refractivity contribution in [1.29, 1.82) is 0 Å². The molecule has 3 aliphatic carbocycles. The van der Waals surface area contributed by atoms with Crippen molar-refractivity contribution in [3.63, 3.8) is 0 Å². The van der Waals surface area contributed by atoms with Crippen LogP contribution in [0.15, 0.2) is 16.7 Å². The molecule has 1 N–H and O–H groups in total. The first-order valence-corrected chi connectivity index (χ1v) is 9.57. The van der Waals surface area contributed by atoms with Gasteiger partial charge in [-0.3, -0.25) is 9.59 Å². The summed E-state index contributed by atoms with van der Waals surface area (Å²) in [7, 11) is 1.43. The van der Waals surface area contributed by atoms with Gasteiger partial charge in [-0.05, 0) is 49.0 Å². The zero-order chi connectivity index (χ0) is 18.9. The molecule has 1 aromatic rings. The Bertz CT molecular complexity index is 762. The van der Waals surface area contributed by atoms with Crippen molar-refractivity contribution in [3.8, 4) is 0 Å². The molecule has 0 spiro atoms. The topological polar surface area (TPSA) is 76.7 Å². The normalized spacial score (nSPS) is 41.0. The van der Waals surface area contributed by atoms with Crippen molar-refractivity contribution in [2.75, 3.05) is 7.11 Å². The average molecular weight is 360 g/mol. The Balaban J connectivity index is 1.92. The number of Topliss-reactive ketones (excluding diaryl/α,β-unsaturated/α-hetero) is 1. The van der Waals surface area contributed by atoms with Gasteiger partial charge in [0.2, 0.25) is 0 Å². The zero-order valence-electron chi connectivity index (χ0n) is 16.0. The summed E-state index contributed by atoms with van der Waals surface area (Å²) in [4.78, 5) is 26.1. The van der Waals surface area contributed by atoms with Gasteiger partial charge in [0.1, 0.15) is 5.76 Å². The van der Waals surface area contributed by atoms with Gasteiger partial charge in [-0.2, -0.15) is 0 Å². The average Bonchev–Trinajstić information content (AvgIpc) is 3.10. The SMILES string of the molecule is COC(=O)[C@]12CC[C@H](O)C(C)(C)[C@@H]1CC[C@@]1(C)c3occc3C(=O)C[C@H]21. The van der Waals surface area contributed by atoms with Crippen molar-refractivity contribution >= 4 is 11.8 Å². The predicted octanol–water partition coefficient (Wildman–Crippen LogP) is 3.49. The Labute approximate surface area is 154 Å². The van der Waals surface area contributed by atoms with E-state index >= 15 is 0 Å². The van der Waals surface area contributed by atoms with E-state index in [2.05, 4.69) is 6.92 Å². The minimum absolute atomic E-state index is 0.0198. The lowest BCUT2D eigenvalue weighted by molar-refractivity contribution is -0.199. The second-order valence-electron chi connectivity index (χ2n) is 9.26. The van der Waals surface area contributed by atoms with Gasteiger partial charge in [0, 0.05) is 11.8 Å². The molecular formula is C21H28O5. The predicted molar refractivity (Wildman–Crippen MR) is 94.7 cm³/mol. The molecule has 2 saturated carbocycles. The fourth-order valence-corrected chi connectivity index (χ4v) is 6.57. The maximum atomic E-state index is 13.2. The smallest absolute Gasteiger partial charge is 0.312 e. The molecule has 2 fully saturated rings. The van der Waals surface area contributed by atoms with Crippen LogP contribution in [0.2, 0.25) is 0 Å². The Morgan fingerprint density at radius 3 is 2.65 bits per heavy atom. The molecule has 0 aliphatic heterocycles. The number of aliphatic hydroxyl groups excluding tert-OH is 1. The summed E-state index contributed by atoms with van der Waals surface area (Å²) in [6.45, 7) is 6.22. The van der Waals surface area contributed by atoms with Gasteiger partial charge in [-0.25, -0.2) is 0 Å². The second-order valence-corrected chi connectivity index (χ2v) is 9.26. The van der Waals surface area contributed by atoms with Crippen molar-refractivity contribution in [3.05, 3.63) is 23.7 Å². The summed E-state index contributed by atoms with van der Waals surface area (Å²) in [6, 6.07) is 1.75. The third-order valence-electron chi connectivity index (χ3n) is 7.99. The molecule has 3 aliphatic rings. The van der Waals surface area contributed by atoms with Crippen LogP contribution in [0.3, 0.4) is 0 Å². The van der Waals surface area contributed by atoms with Crippen LogP contribution in [0.5, 0.6) is 0 Å². The van der Waals surface area contributed by atoms with E-state index in [1.807, 2.05) is 13.8 Å². The number of esters is 1. The number of methoxy groups -OCH3 is 1. The van der Waals surface area contributed by atoms with E-state index < -0.39 is 16.9 Å². The number of rotatable bonds is 1. The van der Waals surface area contributed by atoms with Crippen LogP contribution in [0.4, 0.5) is 0 Å². The number of aliphatic hydroxyl groups is 1. The van der Waals surface area contributed by atoms with Crippen LogP contribution in [-0.4, -0.2) is 30.1 Å². The Morgan fingerprint density at radius 1 is 1.23 bits per heavy atom. The van der Waals surface area contributed by atoms with Crippen LogP contribution in [0, 0.1) is 22.7 Å². The quantitative estimate of drug-likeness (QED) is 0.776. The Morgan fingerprint density at radius 2 is 1.96 bits per heavy atom. The van der Waals surface area contributed by atoms with Gasteiger partial charge in [0.05, 0.1) is 30.5 Å². The number of ether oxygens (including phenoxy) is 1. The highest BCUT2D eigenvalue weighted by Crippen LogP contribution is 2.67. The number of fused-ring (bicyclic) bond motifs is 5. The van der Waals surface area contributed by atoms with Gasteiger partial charge in [-0.1, -0.05) is 20.8 Å². The maximum absolute atomic E-state index is 13.2. The standard InChI is InChI=1S/C21H28O5/c1-19(2)14-5-8-20(3)15(11-13(22)12-7-10-26-17(12)20)21(14,18(24)25-4)9-6-16(19)23/h7,10,14-16,23H,5-6,8-9,11H2,1-4H3/t14-,15-,16-,20+,21+/m0/s1. The fourth-order valence-electron chi connectivity index (χ4n) is 6.57. The van der Waals surface area contributed by atoms with E-state index in [-0.39, 0.29) is 29.0 Å². The lowest BCUT2D eigenvalue weighted by Crippen LogP contribution is -2.65. The van der Waals surface area contributed by atoms with E-state index in [0.717, 1.165) is 18.6 Å². The first-order valence-electron chi connectivity index (χ1n) is 9.57. The summed E-state index contributed by atoms with van der Waals surface area (Å²) in [5, 5.41) is 10.6. The maximum Gasteiger partial charge on any atom is 0.312 e. The molecule has 1 heterocycles. The molecule has 1 aromatic heterocycles. The molecule has 0 amide bonds. The van der Waals surface area contributed by atoms with E-state index in [0.29, 0.717) is 24.8 Å². The van der Waals surface area contributed by atoms with E-state index in [9.17, 15) is 14.7 Å². The molecule has 5 heteroatoms. The molecule has 26 heavy (non-hydrogen) atoms. The fraction of sp³-hybridized carbons (Fsp3) is 0.714. The molecular weight excluding hydrogens is 332 g/mol. The molecule has 0 radical (unpaired) electrons. The highest BCUT2D eigenvalue weighted by Gasteiger charge is 2.68. The third-order valence-corrected chi connectivity index (χ3v) is 7.99. The lowest BCUT2D eigenvalue weighted by Gasteiger charge is -2.63. The van der Waals surface area contributed by atoms with Crippen LogP contribution < -0.4 is 0 Å². The molecule has 0 bridgehead atoms. The van der Waals surface area contributed by atoms with Gasteiger partial charge in [-0.15, -0.1) is 0 Å². The Kier molecular flexibility index (Phi) is 3.72. The molecule has 142 valence electrons. The summed E-state index contributed by atoms with van der Waals surface area (Å²) >= 11 is 0. The Hall–Kier alpha value is -1.62. The summed E-state index contributed by atoms with van der Waals surface area (Å²) in [5.41, 5.74) is -0.863. The first-order chi connectivity index (χ1) is 12.2. The number of carbonyl (C=O) groups is 2. The van der Waals surface area contributed by atoms with Gasteiger partial charge in [0.25, 0.3) is 0 Å². The van der Waals surface area contributed by atoms with E-state index in [1.165, 1.54) is 7.11 Å². The molecule has 0 saturated heterocycles. The third kappa shape index (κ3) is 1.95. The number of furan rings is 1. The minimum atomic E-state index is -0.759. The number of carbonyl (C=O) groups excluding carboxylic acids is 2. The highest BCUT2D eigenvalue weighted by molar-refractivity contribution is 5.99. The van der Waals surface area contributed by atoms with Gasteiger partial charge >= 0.3 is 5.97 Å². The number of hydrogen-bond donors (Lipinski definition) is 1. The first kappa shape index (κ1) is 17.8. The summed E-state index contributed by atoms with van der Waals surface area (Å²) < 4.78 is 11.1. The number of hydrogen-bond acceptors (Lipinski definition) is 5. The zero-order valence-corrected chi connectivity index (χ0v) is 16.0. The van der Waals surface area contributed by atoms with Gasteiger partial charge < -0.3 is 14.3 Å². The number of ketones is 1. The summed E-state index contributed by atoms with van der Waals surface area (Å²) in [5.74, 6) is 0.349. The van der Waals surface area contributed by atoms with Crippen LogP contribution >= 0.6 is 0 Å².